The van der Waals surface area contributed by atoms with Crippen LogP contribution in [0.25, 0.3) is 0 Å². The van der Waals surface area contributed by atoms with Gasteiger partial charge in [0.05, 0.1) is 12.6 Å². The van der Waals surface area contributed by atoms with Gasteiger partial charge in [0.2, 0.25) is 0 Å². The smallest absolute Gasteiger partial charge is 0.263 e. The minimum absolute atomic E-state index is 0.0761. The number of carbonyl (C=O) groups is 1. The number of halogens is 1. The van der Waals surface area contributed by atoms with Gasteiger partial charge in [-0.3, -0.25) is 4.79 Å². The first-order chi connectivity index (χ1) is 12.1. The highest BCUT2D eigenvalue weighted by molar-refractivity contribution is 5.81. The zero-order chi connectivity index (χ0) is 17.8. The van der Waals surface area contributed by atoms with Crippen LogP contribution in [-0.2, 0) is 11.4 Å². The summed E-state index contributed by atoms with van der Waals surface area (Å²) < 4.78 is 19.3. The Morgan fingerprint density at radius 3 is 2.88 bits per heavy atom. The normalized spacial score (nSPS) is 18.2. The zero-order valence-corrected chi connectivity index (χ0v) is 14.2. The molecule has 1 saturated heterocycles. The maximum absolute atomic E-state index is 13.5. The van der Waals surface area contributed by atoms with Crippen LogP contribution >= 0.6 is 0 Å². The molecular formula is C20H22FNO3. The highest BCUT2D eigenvalue weighted by Crippen LogP contribution is 2.33. The van der Waals surface area contributed by atoms with Crippen LogP contribution in [-0.4, -0.2) is 28.6 Å². The molecule has 1 N–H and O–H groups in total. The van der Waals surface area contributed by atoms with Gasteiger partial charge in [0, 0.05) is 6.54 Å². The molecule has 132 valence electrons. The molecule has 0 spiro atoms. The molecule has 2 atom stereocenters. The van der Waals surface area contributed by atoms with Crippen molar-refractivity contribution in [1.29, 1.82) is 0 Å². The predicted molar refractivity (Wildman–Crippen MR) is 92.5 cm³/mol. The number of aliphatic hydroxyl groups excluding tert-OH is 1. The predicted octanol–water partition coefficient (Wildman–Crippen LogP) is 3.45. The lowest BCUT2D eigenvalue weighted by Gasteiger charge is -2.28. The van der Waals surface area contributed by atoms with E-state index in [-0.39, 0.29) is 24.4 Å². The molecule has 0 saturated carbocycles. The first-order valence-corrected chi connectivity index (χ1v) is 8.51. The molecule has 2 unspecified atom stereocenters. The zero-order valence-electron chi connectivity index (χ0n) is 14.2. The second kappa shape index (κ2) is 7.66. The van der Waals surface area contributed by atoms with Gasteiger partial charge in [-0.1, -0.05) is 24.3 Å². The summed E-state index contributed by atoms with van der Waals surface area (Å²) in [6.45, 7) is 2.28. The fraction of sp³-hybridized carbons (Fsp3) is 0.350. The molecule has 5 heteroatoms. The molecule has 2 aromatic carbocycles. The van der Waals surface area contributed by atoms with Crippen LogP contribution in [0.3, 0.4) is 0 Å². The maximum atomic E-state index is 13.5. The van der Waals surface area contributed by atoms with E-state index >= 15 is 0 Å². The van der Waals surface area contributed by atoms with E-state index in [2.05, 4.69) is 0 Å². The number of aliphatic hydroxyl groups is 1. The Bertz CT molecular complexity index is 749. The number of hydrogen-bond acceptors (Lipinski definition) is 3. The topological polar surface area (TPSA) is 49.8 Å². The third-order valence-electron chi connectivity index (χ3n) is 4.51. The van der Waals surface area contributed by atoms with Crippen molar-refractivity contribution in [2.45, 2.75) is 38.5 Å². The molecule has 1 fully saturated rings. The number of hydrogen-bond donors (Lipinski definition) is 1. The number of benzene rings is 2. The Morgan fingerprint density at radius 1 is 1.32 bits per heavy atom. The van der Waals surface area contributed by atoms with E-state index in [9.17, 15) is 14.3 Å². The van der Waals surface area contributed by atoms with E-state index in [0.717, 1.165) is 24.0 Å². The highest BCUT2D eigenvalue weighted by atomic mass is 19.1. The standard InChI is InChI=1S/C20H22FNO3/c1-14(25-18-8-2-5-15(11-18)13-23)20(24)22-10-4-9-19(22)16-6-3-7-17(21)12-16/h2-3,5-8,11-12,14,19,23H,4,9-10,13H2,1H3. The lowest BCUT2D eigenvalue weighted by atomic mass is 10.0. The molecule has 3 rings (SSSR count). The SMILES string of the molecule is CC(Oc1cccc(CO)c1)C(=O)N1CCCC1c1cccc(F)c1. The summed E-state index contributed by atoms with van der Waals surface area (Å²) in [5, 5.41) is 9.20. The summed E-state index contributed by atoms with van der Waals surface area (Å²) in [5.41, 5.74) is 1.55. The van der Waals surface area contributed by atoms with Gasteiger partial charge in [-0.05, 0) is 55.2 Å². The molecule has 25 heavy (non-hydrogen) atoms. The third kappa shape index (κ3) is 3.99. The molecule has 1 aliphatic heterocycles. The van der Waals surface area contributed by atoms with Gasteiger partial charge in [0.25, 0.3) is 5.91 Å². The Kier molecular flexibility index (Phi) is 5.34. The van der Waals surface area contributed by atoms with E-state index in [1.807, 2.05) is 6.07 Å². The first kappa shape index (κ1) is 17.4. The van der Waals surface area contributed by atoms with Gasteiger partial charge in [0.1, 0.15) is 11.6 Å². The van der Waals surface area contributed by atoms with Crippen molar-refractivity contribution >= 4 is 5.91 Å². The van der Waals surface area contributed by atoms with Gasteiger partial charge >= 0.3 is 0 Å². The van der Waals surface area contributed by atoms with Gasteiger partial charge in [-0.2, -0.15) is 0 Å². The summed E-state index contributed by atoms with van der Waals surface area (Å²) >= 11 is 0. The van der Waals surface area contributed by atoms with Crippen molar-refractivity contribution in [1.82, 2.24) is 4.90 Å². The lowest BCUT2D eigenvalue weighted by molar-refractivity contribution is -0.138. The monoisotopic (exact) mass is 343 g/mol. The van der Waals surface area contributed by atoms with Crippen molar-refractivity contribution in [3.63, 3.8) is 0 Å². The summed E-state index contributed by atoms with van der Waals surface area (Å²) in [4.78, 5) is 14.6. The number of rotatable bonds is 5. The number of nitrogens with zero attached hydrogens (tertiary/aromatic N) is 1. The molecule has 2 aromatic rings. The van der Waals surface area contributed by atoms with Crippen LogP contribution in [0.1, 0.15) is 36.9 Å². The molecule has 1 heterocycles. The lowest BCUT2D eigenvalue weighted by Crippen LogP contribution is -2.40. The second-order valence-corrected chi connectivity index (χ2v) is 6.31. The quantitative estimate of drug-likeness (QED) is 0.905. The fourth-order valence-electron chi connectivity index (χ4n) is 3.30. The Hall–Kier alpha value is -2.40. The molecule has 1 aliphatic rings. The van der Waals surface area contributed by atoms with Crippen molar-refractivity contribution < 1.29 is 19.0 Å². The second-order valence-electron chi connectivity index (χ2n) is 6.31. The molecule has 0 aromatic heterocycles. The van der Waals surface area contributed by atoms with E-state index in [0.29, 0.717) is 12.3 Å². The Balaban J connectivity index is 1.72. The minimum Gasteiger partial charge on any atom is -0.481 e. The van der Waals surface area contributed by atoms with Crippen LogP contribution in [0.2, 0.25) is 0 Å². The van der Waals surface area contributed by atoms with Crippen molar-refractivity contribution in [3.05, 3.63) is 65.5 Å². The summed E-state index contributed by atoms with van der Waals surface area (Å²) in [6, 6.07) is 13.4. The Labute approximate surface area is 146 Å². The highest BCUT2D eigenvalue weighted by Gasteiger charge is 2.33. The largest absolute Gasteiger partial charge is 0.481 e. The van der Waals surface area contributed by atoms with Crippen LogP contribution in [0.4, 0.5) is 4.39 Å². The number of carbonyl (C=O) groups excluding carboxylic acids is 1. The molecule has 0 bridgehead atoms. The molecule has 4 nitrogen and oxygen atoms in total. The van der Waals surface area contributed by atoms with Crippen molar-refractivity contribution in [2.24, 2.45) is 0 Å². The van der Waals surface area contributed by atoms with Crippen LogP contribution < -0.4 is 4.74 Å². The summed E-state index contributed by atoms with van der Waals surface area (Å²) in [7, 11) is 0. The molecule has 1 amide bonds. The average molecular weight is 343 g/mol. The van der Waals surface area contributed by atoms with Crippen molar-refractivity contribution in [3.8, 4) is 5.75 Å². The van der Waals surface area contributed by atoms with Crippen LogP contribution in [0, 0.1) is 5.82 Å². The van der Waals surface area contributed by atoms with Crippen LogP contribution in [0.15, 0.2) is 48.5 Å². The van der Waals surface area contributed by atoms with E-state index in [1.165, 1.54) is 12.1 Å². The van der Waals surface area contributed by atoms with E-state index in [4.69, 9.17) is 4.74 Å². The number of amides is 1. The Morgan fingerprint density at radius 2 is 2.12 bits per heavy atom. The van der Waals surface area contributed by atoms with E-state index < -0.39 is 6.10 Å². The van der Waals surface area contributed by atoms with Gasteiger partial charge in [0.15, 0.2) is 6.10 Å². The van der Waals surface area contributed by atoms with Crippen molar-refractivity contribution in [2.75, 3.05) is 6.54 Å². The first-order valence-electron chi connectivity index (χ1n) is 8.51. The van der Waals surface area contributed by atoms with Gasteiger partial charge in [-0.25, -0.2) is 4.39 Å². The molecule has 0 aliphatic carbocycles. The maximum Gasteiger partial charge on any atom is 0.263 e. The number of likely N-dealkylation sites (tertiary alicyclic amines) is 1. The van der Waals surface area contributed by atoms with E-state index in [1.54, 1.807) is 42.2 Å². The molecule has 0 radical (unpaired) electrons. The number of ether oxygens (including phenoxy) is 1. The third-order valence-corrected chi connectivity index (χ3v) is 4.51. The van der Waals surface area contributed by atoms with Gasteiger partial charge < -0.3 is 14.7 Å². The van der Waals surface area contributed by atoms with Gasteiger partial charge in [-0.15, -0.1) is 0 Å². The average Bonchev–Trinajstić information content (AvgIpc) is 3.11. The fourth-order valence-corrected chi connectivity index (χ4v) is 3.30. The summed E-state index contributed by atoms with van der Waals surface area (Å²) in [6.07, 6.45) is 1.06. The van der Waals surface area contributed by atoms with Crippen LogP contribution in [0.5, 0.6) is 5.75 Å². The molecular weight excluding hydrogens is 321 g/mol. The summed E-state index contributed by atoms with van der Waals surface area (Å²) in [5.74, 6) is 0.150. The minimum atomic E-state index is -0.650.